The van der Waals surface area contributed by atoms with Crippen LogP contribution in [0, 0.1) is 0 Å². The van der Waals surface area contributed by atoms with E-state index in [-0.39, 0.29) is 40.2 Å². The van der Waals surface area contributed by atoms with E-state index >= 15 is 0 Å². The van der Waals surface area contributed by atoms with E-state index in [2.05, 4.69) is 9.97 Å². The first-order valence-corrected chi connectivity index (χ1v) is 6.99. The molecule has 0 bridgehead atoms. The van der Waals surface area contributed by atoms with Gasteiger partial charge in [-0.25, -0.2) is 4.98 Å². The normalized spacial score (nSPS) is 11.0. The number of nitrogens with zero attached hydrogens (tertiary/aromatic N) is 1. The first kappa shape index (κ1) is 15.1. The van der Waals surface area contributed by atoms with E-state index in [1.54, 1.807) is 36.4 Å². The summed E-state index contributed by atoms with van der Waals surface area (Å²) in [4.78, 5) is 7.01. The van der Waals surface area contributed by atoms with Gasteiger partial charge in [0.15, 0.2) is 0 Å². The van der Waals surface area contributed by atoms with Gasteiger partial charge in [0.25, 0.3) is 0 Å². The van der Waals surface area contributed by atoms with Crippen molar-refractivity contribution in [2.24, 2.45) is 0 Å². The van der Waals surface area contributed by atoms with Crippen molar-refractivity contribution in [3.05, 3.63) is 54.9 Å². The number of H-pyrrole nitrogens is 1. The monoisotopic (exact) mass is 298 g/mol. The molecule has 0 saturated heterocycles. The summed E-state index contributed by atoms with van der Waals surface area (Å²) in [6, 6.07) is 13.0. The van der Waals surface area contributed by atoms with Crippen LogP contribution in [0.15, 0.2) is 59.8 Å². The van der Waals surface area contributed by atoms with Gasteiger partial charge >= 0.3 is 39.7 Å². The fourth-order valence-electron chi connectivity index (χ4n) is 1.72. The van der Waals surface area contributed by atoms with Crippen molar-refractivity contribution in [3.63, 3.8) is 0 Å². The third kappa shape index (κ3) is 3.04. The molecule has 0 saturated carbocycles. The minimum atomic E-state index is -3.84. The maximum atomic E-state index is 12.1. The SMILES string of the molecule is O=S(=O)(Oc1ccccc1)c1ccc2[nH]cnc2c1.[NaH]. The Labute approximate surface area is 138 Å². The predicted octanol–water partition coefficient (Wildman–Crippen LogP) is 1.68. The Balaban J connectivity index is 0.00000147. The summed E-state index contributed by atoms with van der Waals surface area (Å²) in [7, 11) is -3.84. The van der Waals surface area contributed by atoms with Gasteiger partial charge in [-0.15, -0.1) is 0 Å². The van der Waals surface area contributed by atoms with Crippen molar-refractivity contribution < 1.29 is 12.6 Å². The Morgan fingerprint density at radius 3 is 2.55 bits per heavy atom. The first-order valence-electron chi connectivity index (χ1n) is 5.58. The molecule has 0 aliphatic carbocycles. The number of nitrogens with one attached hydrogen (secondary N) is 1. The van der Waals surface area contributed by atoms with Gasteiger partial charge in [0.05, 0.1) is 17.4 Å². The molecule has 0 aliphatic rings. The fourth-order valence-corrected chi connectivity index (χ4v) is 2.67. The zero-order chi connectivity index (χ0) is 13.3. The molecular weight excluding hydrogens is 287 g/mol. The van der Waals surface area contributed by atoms with Gasteiger partial charge in [-0.3, -0.25) is 0 Å². The van der Waals surface area contributed by atoms with Gasteiger partial charge in [0, 0.05) is 0 Å². The van der Waals surface area contributed by atoms with Crippen molar-refractivity contribution in [2.45, 2.75) is 4.90 Å². The Morgan fingerprint density at radius 2 is 1.80 bits per heavy atom. The van der Waals surface area contributed by atoms with E-state index in [0.717, 1.165) is 5.52 Å². The van der Waals surface area contributed by atoms with Crippen LogP contribution in [0.5, 0.6) is 5.75 Å². The van der Waals surface area contributed by atoms with Crippen LogP contribution in [0.3, 0.4) is 0 Å². The van der Waals surface area contributed by atoms with Crippen LogP contribution < -0.4 is 4.18 Å². The molecule has 3 aromatic rings. The van der Waals surface area contributed by atoms with Crippen LogP contribution in [0.4, 0.5) is 0 Å². The molecule has 0 radical (unpaired) electrons. The quantitative estimate of drug-likeness (QED) is 0.590. The van der Waals surface area contributed by atoms with Crippen LogP contribution in [0.2, 0.25) is 0 Å². The van der Waals surface area contributed by atoms with Gasteiger partial charge in [-0.2, -0.15) is 8.42 Å². The number of hydrogen-bond donors (Lipinski definition) is 1. The number of aromatic amines is 1. The second-order valence-electron chi connectivity index (χ2n) is 3.93. The summed E-state index contributed by atoms with van der Waals surface area (Å²) < 4.78 is 29.3. The van der Waals surface area contributed by atoms with Gasteiger partial charge in [0.2, 0.25) is 0 Å². The zero-order valence-corrected chi connectivity index (χ0v) is 10.6. The van der Waals surface area contributed by atoms with Crippen molar-refractivity contribution >= 4 is 50.7 Å². The number of benzene rings is 2. The van der Waals surface area contributed by atoms with E-state index < -0.39 is 10.1 Å². The summed E-state index contributed by atoms with van der Waals surface area (Å²) in [6.45, 7) is 0. The van der Waals surface area contributed by atoms with Crippen molar-refractivity contribution in [2.75, 3.05) is 0 Å². The van der Waals surface area contributed by atoms with Gasteiger partial charge in [0.1, 0.15) is 10.6 Å². The van der Waals surface area contributed by atoms with Gasteiger partial charge in [-0.05, 0) is 30.3 Å². The van der Waals surface area contributed by atoms with Gasteiger partial charge in [-0.1, -0.05) is 18.2 Å². The zero-order valence-electron chi connectivity index (χ0n) is 9.78. The van der Waals surface area contributed by atoms with E-state index in [1.165, 1.54) is 18.5 Å². The molecule has 0 atom stereocenters. The van der Waals surface area contributed by atoms with Gasteiger partial charge < -0.3 is 9.17 Å². The third-order valence-electron chi connectivity index (χ3n) is 2.63. The standard InChI is InChI=1S/C13H10N2O3S.Na.H/c16-19(17,18-10-4-2-1-3-5-10)11-6-7-12-13(8-11)15-9-14-12;;/h1-9H,(H,14,15);;. The third-order valence-corrected chi connectivity index (χ3v) is 3.87. The number of hydrogen-bond acceptors (Lipinski definition) is 4. The number of aromatic nitrogens is 2. The molecule has 7 heteroatoms. The summed E-state index contributed by atoms with van der Waals surface area (Å²) in [6.07, 6.45) is 1.51. The van der Waals surface area contributed by atoms with Crippen LogP contribution in [0.1, 0.15) is 0 Å². The Morgan fingerprint density at radius 1 is 1.05 bits per heavy atom. The van der Waals surface area contributed by atoms with Crippen molar-refractivity contribution in [3.8, 4) is 5.75 Å². The number of fused-ring (bicyclic) bond motifs is 1. The van der Waals surface area contributed by atoms with E-state index in [9.17, 15) is 8.42 Å². The van der Waals surface area contributed by atoms with E-state index in [4.69, 9.17) is 4.18 Å². The van der Waals surface area contributed by atoms with Crippen molar-refractivity contribution in [1.29, 1.82) is 0 Å². The molecule has 2 aromatic carbocycles. The molecule has 1 N–H and O–H groups in total. The molecule has 1 heterocycles. The summed E-state index contributed by atoms with van der Waals surface area (Å²) in [5, 5.41) is 0. The second kappa shape index (κ2) is 5.97. The molecule has 98 valence electrons. The minimum absolute atomic E-state index is 0. The van der Waals surface area contributed by atoms with E-state index in [1.807, 2.05) is 0 Å². The molecule has 1 aromatic heterocycles. The van der Waals surface area contributed by atoms with Crippen LogP contribution in [-0.4, -0.2) is 47.9 Å². The number of rotatable bonds is 3. The molecule has 5 nitrogen and oxygen atoms in total. The molecule has 0 unspecified atom stereocenters. The van der Waals surface area contributed by atoms with Crippen LogP contribution in [0.25, 0.3) is 11.0 Å². The Hall–Kier alpha value is -1.34. The Bertz CT molecular complexity index is 816. The van der Waals surface area contributed by atoms with Crippen LogP contribution >= 0.6 is 0 Å². The summed E-state index contributed by atoms with van der Waals surface area (Å²) in [5.41, 5.74) is 1.36. The number of imidazole rings is 1. The first-order chi connectivity index (χ1) is 9.15. The molecule has 0 aliphatic heterocycles. The molecule has 20 heavy (non-hydrogen) atoms. The summed E-state index contributed by atoms with van der Waals surface area (Å²) >= 11 is 0. The van der Waals surface area contributed by atoms with E-state index in [0.29, 0.717) is 5.52 Å². The average molecular weight is 298 g/mol. The molecule has 0 amide bonds. The second-order valence-corrected chi connectivity index (χ2v) is 5.48. The fraction of sp³-hybridized carbons (Fsp3) is 0. The summed E-state index contributed by atoms with van der Waals surface area (Å²) in [5.74, 6) is 0.282. The average Bonchev–Trinajstić information content (AvgIpc) is 2.86. The molecular formula is C13H11N2NaO3S. The number of para-hydroxylation sites is 1. The molecule has 3 rings (SSSR count). The van der Waals surface area contributed by atoms with Crippen molar-refractivity contribution in [1.82, 2.24) is 9.97 Å². The molecule has 0 spiro atoms. The topological polar surface area (TPSA) is 72.1 Å². The van der Waals surface area contributed by atoms with Crippen LogP contribution in [-0.2, 0) is 10.1 Å². The molecule has 0 fully saturated rings. The maximum absolute atomic E-state index is 12.1. The predicted molar refractivity (Wildman–Crippen MR) is 77.5 cm³/mol. The Kier molecular flexibility index (Phi) is 4.49.